The minimum absolute atomic E-state index is 0.110. The van der Waals surface area contributed by atoms with Gasteiger partial charge in [0.1, 0.15) is 0 Å². The van der Waals surface area contributed by atoms with E-state index in [-0.39, 0.29) is 23.5 Å². The average Bonchev–Trinajstić information content (AvgIpc) is 3.18. The normalized spacial score (nSPS) is 33.2. The van der Waals surface area contributed by atoms with E-state index in [1.807, 2.05) is 4.57 Å². The molecule has 0 saturated heterocycles. The molecule has 0 unspecified atom stereocenters. The summed E-state index contributed by atoms with van der Waals surface area (Å²) in [5.74, 6) is 0.498. The Labute approximate surface area is 102 Å². The summed E-state index contributed by atoms with van der Waals surface area (Å²) in [6.45, 7) is 0.235. The van der Waals surface area contributed by atoms with Gasteiger partial charge in [0.15, 0.2) is 11.2 Å². The Hall–Kier alpha value is -1.89. The number of hydrogen-bond acceptors (Lipinski definition) is 5. The highest BCUT2D eigenvalue weighted by Crippen LogP contribution is 2.76. The van der Waals surface area contributed by atoms with Crippen molar-refractivity contribution in [3.8, 4) is 0 Å². The number of aromatic nitrogens is 4. The highest BCUT2D eigenvalue weighted by molar-refractivity contribution is 5.71. The quantitative estimate of drug-likeness (QED) is 0.671. The van der Waals surface area contributed by atoms with Crippen LogP contribution in [-0.4, -0.2) is 31.2 Å². The zero-order valence-corrected chi connectivity index (χ0v) is 9.63. The SMILES string of the molecule is Nc1nc2c(ncn2[C@H]2C[C@@]23C[C@@H]3CO)c(=O)[nH]1. The fourth-order valence-corrected chi connectivity index (χ4v) is 3.15. The molecule has 0 amide bonds. The van der Waals surface area contributed by atoms with Gasteiger partial charge >= 0.3 is 0 Å². The van der Waals surface area contributed by atoms with Gasteiger partial charge in [-0.15, -0.1) is 0 Å². The second-order valence-electron chi connectivity index (χ2n) is 5.31. The molecule has 1 spiro atoms. The van der Waals surface area contributed by atoms with Crippen LogP contribution in [0, 0.1) is 11.3 Å². The van der Waals surface area contributed by atoms with Gasteiger partial charge in [-0.2, -0.15) is 4.98 Å². The number of nitrogens with zero attached hydrogens (tertiary/aromatic N) is 3. The predicted molar refractivity (Wildman–Crippen MR) is 63.8 cm³/mol. The Bertz CT molecular complexity index is 705. The minimum Gasteiger partial charge on any atom is -0.396 e. The summed E-state index contributed by atoms with van der Waals surface area (Å²) in [6.07, 6.45) is 3.73. The molecule has 2 saturated carbocycles. The molecule has 0 bridgehead atoms. The van der Waals surface area contributed by atoms with Crippen molar-refractivity contribution in [1.82, 2.24) is 19.5 Å². The van der Waals surface area contributed by atoms with Gasteiger partial charge in [-0.3, -0.25) is 9.78 Å². The van der Waals surface area contributed by atoms with Crippen LogP contribution < -0.4 is 11.3 Å². The van der Waals surface area contributed by atoms with Gasteiger partial charge in [-0.25, -0.2) is 4.98 Å². The summed E-state index contributed by atoms with van der Waals surface area (Å²) in [5.41, 5.74) is 6.35. The van der Waals surface area contributed by atoms with Gasteiger partial charge < -0.3 is 15.4 Å². The number of fused-ring (bicyclic) bond motifs is 1. The number of nitrogens with two attached hydrogens (primary N) is 1. The van der Waals surface area contributed by atoms with Crippen LogP contribution in [0.3, 0.4) is 0 Å². The molecule has 2 aliphatic rings. The number of nitrogen functional groups attached to an aromatic ring is 1. The number of aromatic amines is 1. The molecule has 7 heteroatoms. The van der Waals surface area contributed by atoms with Gasteiger partial charge in [-0.05, 0) is 24.2 Å². The molecular formula is C11H13N5O2. The lowest BCUT2D eigenvalue weighted by Gasteiger charge is -2.02. The van der Waals surface area contributed by atoms with Crippen LogP contribution in [0.1, 0.15) is 18.9 Å². The van der Waals surface area contributed by atoms with Crippen LogP contribution in [0.4, 0.5) is 5.95 Å². The fourth-order valence-electron chi connectivity index (χ4n) is 3.15. The van der Waals surface area contributed by atoms with Crippen LogP contribution in [0.2, 0.25) is 0 Å². The van der Waals surface area contributed by atoms with Crippen molar-refractivity contribution >= 4 is 17.1 Å². The monoisotopic (exact) mass is 247 g/mol. The average molecular weight is 247 g/mol. The number of aliphatic hydroxyl groups is 1. The van der Waals surface area contributed by atoms with Gasteiger partial charge in [0.05, 0.1) is 6.33 Å². The van der Waals surface area contributed by atoms with Crippen LogP contribution in [-0.2, 0) is 0 Å². The van der Waals surface area contributed by atoms with Crippen LogP contribution >= 0.6 is 0 Å². The largest absolute Gasteiger partial charge is 0.396 e. The Morgan fingerprint density at radius 3 is 3.17 bits per heavy atom. The molecule has 4 rings (SSSR count). The number of hydrogen-bond donors (Lipinski definition) is 3. The number of H-pyrrole nitrogens is 1. The second-order valence-corrected chi connectivity index (χ2v) is 5.31. The maximum Gasteiger partial charge on any atom is 0.280 e. The van der Waals surface area contributed by atoms with Gasteiger partial charge in [0, 0.05) is 12.6 Å². The molecule has 2 aliphatic carbocycles. The minimum atomic E-state index is -0.305. The molecular weight excluding hydrogens is 234 g/mol. The summed E-state index contributed by atoms with van der Waals surface area (Å²) in [4.78, 5) is 22.4. The highest BCUT2D eigenvalue weighted by atomic mass is 16.3. The lowest BCUT2D eigenvalue weighted by atomic mass is 10.3. The smallest absolute Gasteiger partial charge is 0.280 e. The zero-order valence-electron chi connectivity index (χ0n) is 9.63. The highest BCUT2D eigenvalue weighted by Gasteiger charge is 2.71. The summed E-state index contributed by atoms with van der Waals surface area (Å²) in [6, 6.07) is 0.299. The number of rotatable bonds is 2. The molecule has 18 heavy (non-hydrogen) atoms. The van der Waals surface area contributed by atoms with Crippen LogP contribution in [0.15, 0.2) is 11.1 Å². The van der Waals surface area contributed by atoms with E-state index in [4.69, 9.17) is 5.73 Å². The fraction of sp³-hybridized carbons (Fsp3) is 0.545. The molecule has 2 aromatic rings. The third kappa shape index (κ3) is 1.09. The molecule has 0 aromatic carbocycles. The maximum atomic E-state index is 11.7. The predicted octanol–water partition coefficient (Wildman–Crippen LogP) is -0.355. The van der Waals surface area contributed by atoms with E-state index in [1.54, 1.807) is 6.33 Å². The summed E-state index contributed by atoms with van der Waals surface area (Å²) in [5, 5.41) is 9.18. The van der Waals surface area contributed by atoms with Crippen molar-refractivity contribution < 1.29 is 5.11 Å². The molecule has 2 aromatic heterocycles. The first kappa shape index (κ1) is 10.1. The molecule has 2 fully saturated rings. The zero-order chi connectivity index (χ0) is 12.5. The Balaban J connectivity index is 1.82. The molecule has 4 N–H and O–H groups in total. The van der Waals surface area contributed by atoms with Crippen LogP contribution in [0.25, 0.3) is 11.2 Å². The summed E-state index contributed by atoms with van der Waals surface area (Å²) >= 11 is 0. The van der Waals surface area contributed by atoms with Crippen LogP contribution in [0.5, 0.6) is 0 Å². The number of nitrogens with one attached hydrogen (secondary N) is 1. The van der Waals surface area contributed by atoms with E-state index in [9.17, 15) is 9.90 Å². The van der Waals surface area contributed by atoms with Crippen molar-refractivity contribution in [3.05, 3.63) is 16.7 Å². The molecule has 0 aliphatic heterocycles. The van der Waals surface area contributed by atoms with Crippen molar-refractivity contribution in [1.29, 1.82) is 0 Å². The van der Waals surface area contributed by atoms with Crippen molar-refractivity contribution in [2.45, 2.75) is 18.9 Å². The standard InChI is InChI=1S/C11H13N5O2/c12-10-14-8-7(9(18)15-10)13-4-16(8)6-2-11(6)1-5(11)3-17/h4-6,17H,1-3H2,(H3,12,14,15,18)/t5-,6+,11-/m1/s1. The third-order valence-corrected chi connectivity index (χ3v) is 4.36. The molecule has 2 heterocycles. The molecule has 94 valence electrons. The molecule has 3 atom stereocenters. The van der Waals surface area contributed by atoms with E-state index in [1.165, 1.54) is 0 Å². The number of anilines is 1. The Morgan fingerprint density at radius 2 is 2.44 bits per heavy atom. The summed E-state index contributed by atoms with van der Waals surface area (Å²) < 4.78 is 1.93. The van der Waals surface area contributed by atoms with Gasteiger partial charge in [0.2, 0.25) is 5.95 Å². The number of aliphatic hydroxyl groups excluding tert-OH is 1. The van der Waals surface area contributed by atoms with Crippen molar-refractivity contribution in [2.24, 2.45) is 11.3 Å². The first-order valence-electron chi connectivity index (χ1n) is 5.99. The third-order valence-electron chi connectivity index (χ3n) is 4.36. The Morgan fingerprint density at radius 1 is 1.61 bits per heavy atom. The lowest BCUT2D eigenvalue weighted by Crippen LogP contribution is -2.12. The van der Waals surface area contributed by atoms with Gasteiger partial charge in [0.25, 0.3) is 5.56 Å². The van der Waals surface area contributed by atoms with E-state index in [0.29, 0.717) is 23.1 Å². The molecule has 0 radical (unpaired) electrons. The Kier molecular flexibility index (Phi) is 1.63. The van der Waals surface area contributed by atoms with E-state index in [2.05, 4.69) is 15.0 Å². The van der Waals surface area contributed by atoms with Gasteiger partial charge in [-0.1, -0.05) is 0 Å². The van der Waals surface area contributed by atoms with E-state index in [0.717, 1.165) is 12.8 Å². The van der Waals surface area contributed by atoms with E-state index < -0.39 is 0 Å². The second kappa shape index (κ2) is 2.92. The topological polar surface area (TPSA) is 110 Å². The van der Waals surface area contributed by atoms with E-state index >= 15 is 0 Å². The lowest BCUT2D eigenvalue weighted by molar-refractivity contribution is 0.264. The number of imidazole rings is 1. The maximum absolute atomic E-state index is 11.7. The van der Waals surface area contributed by atoms with Crippen molar-refractivity contribution in [2.75, 3.05) is 12.3 Å². The molecule has 7 nitrogen and oxygen atoms in total. The first-order valence-corrected chi connectivity index (χ1v) is 5.99. The first-order chi connectivity index (χ1) is 8.65. The van der Waals surface area contributed by atoms with Crippen molar-refractivity contribution in [3.63, 3.8) is 0 Å². The summed E-state index contributed by atoms with van der Waals surface area (Å²) in [7, 11) is 0.